The number of hydrogen-bond donors (Lipinski definition) is 3. The molecule has 0 aliphatic rings. The normalized spacial score (nSPS) is 13.0. The summed E-state index contributed by atoms with van der Waals surface area (Å²) in [5.74, 6) is -0.493. The van der Waals surface area contributed by atoms with Gasteiger partial charge in [-0.25, -0.2) is 4.79 Å². The lowest BCUT2D eigenvalue weighted by Gasteiger charge is -2.20. The molecular formula is C11H22N2O3. The first-order chi connectivity index (χ1) is 7.29. The average Bonchev–Trinajstić information content (AvgIpc) is 2.22. The minimum Gasteiger partial charge on any atom is -0.481 e. The molecular weight excluding hydrogens is 208 g/mol. The van der Waals surface area contributed by atoms with Crippen molar-refractivity contribution in [2.24, 2.45) is 11.3 Å². The highest BCUT2D eigenvalue weighted by Gasteiger charge is 2.27. The van der Waals surface area contributed by atoms with E-state index in [1.54, 1.807) is 13.8 Å². The number of hydrogen-bond acceptors (Lipinski definition) is 2. The summed E-state index contributed by atoms with van der Waals surface area (Å²) >= 11 is 0. The van der Waals surface area contributed by atoms with Gasteiger partial charge in [-0.15, -0.1) is 0 Å². The summed E-state index contributed by atoms with van der Waals surface area (Å²) in [7, 11) is 0. The maximum Gasteiger partial charge on any atom is 0.314 e. The van der Waals surface area contributed by atoms with Crippen molar-refractivity contribution in [1.29, 1.82) is 0 Å². The average molecular weight is 230 g/mol. The van der Waals surface area contributed by atoms with Crippen LogP contribution in [-0.4, -0.2) is 30.2 Å². The van der Waals surface area contributed by atoms with E-state index in [1.165, 1.54) is 0 Å². The van der Waals surface area contributed by atoms with Crippen molar-refractivity contribution in [1.82, 2.24) is 10.6 Å². The van der Waals surface area contributed by atoms with Gasteiger partial charge in [-0.1, -0.05) is 20.3 Å². The van der Waals surface area contributed by atoms with Crippen LogP contribution in [0.3, 0.4) is 0 Å². The quantitative estimate of drug-likeness (QED) is 0.646. The zero-order valence-corrected chi connectivity index (χ0v) is 10.5. The van der Waals surface area contributed by atoms with Crippen LogP contribution in [0.1, 0.15) is 34.1 Å². The van der Waals surface area contributed by atoms with Gasteiger partial charge < -0.3 is 15.7 Å². The first-order valence-corrected chi connectivity index (χ1v) is 5.54. The molecule has 5 heteroatoms. The third-order valence-electron chi connectivity index (χ3n) is 2.58. The second-order valence-electron chi connectivity index (χ2n) is 4.77. The molecule has 0 aliphatic carbocycles. The molecule has 16 heavy (non-hydrogen) atoms. The van der Waals surface area contributed by atoms with Gasteiger partial charge in [-0.05, 0) is 19.8 Å². The van der Waals surface area contributed by atoms with Crippen LogP contribution in [0, 0.1) is 11.3 Å². The Hall–Kier alpha value is -1.26. The molecule has 94 valence electrons. The van der Waals surface area contributed by atoms with Crippen molar-refractivity contribution < 1.29 is 14.7 Å². The maximum absolute atomic E-state index is 11.3. The van der Waals surface area contributed by atoms with E-state index >= 15 is 0 Å². The van der Waals surface area contributed by atoms with Crippen LogP contribution in [0.4, 0.5) is 4.79 Å². The van der Waals surface area contributed by atoms with Gasteiger partial charge in [0.15, 0.2) is 0 Å². The van der Waals surface area contributed by atoms with E-state index < -0.39 is 11.4 Å². The third-order valence-corrected chi connectivity index (χ3v) is 2.58. The van der Waals surface area contributed by atoms with Gasteiger partial charge in [0.1, 0.15) is 0 Å². The molecule has 2 amide bonds. The van der Waals surface area contributed by atoms with Crippen molar-refractivity contribution in [3.8, 4) is 0 Å². The van der Waals surface area contributed by atoms with Gasteiger partial charge in [0, 0.05) is 13.1 Å². The molecule has 0 bridgehead atoms. The Balaban J connectivity index is 3.86. The van der Waals surface area contributed by atoms with Crippen molar-refractivity contribution in [2.45, 2.75) is 34.1 Å². The Kier molecular flexibility index (Phi) is 5.85. The van der Waals surface area contributed by atoms with Crippen molar-refractivity contribution >= 4 is 12.0 Å². The van der Waals surface area contributed by atoms with E-state index in [-0.39, 0.29) is 12.6 Å². The summed E-state index contributed by atoms with van der Waals surface area (Å²) in [6, 6.07) is -0.311. The first-order valence-electron chi connectivity index (χ1n) is 5.54. The molecule has 0 saturated heterocycles. The molecule has 0 radical (unpaired) electrons. The van der Waals surface area contributed by atoms with E-state index in [0.717, 1.165) is 6.42 Å². The summed E-state index contributed by atoms with van der Waals surface area (Å²) in [6.45, 7) is 7.97. The van der Waals surface area contributed by atoms with E-state index in [1.807, 2.05) is 6.92 Å². The highest BCUT2D eigenvalue weighted by atomic mass is 16.4. The monoisotopic (exact) mass is 230 g/mol. The summed E-state index contributed by atoms with van der Waals surface area (Å²) < 4.78 is 0. The van der Waals surface area contributed by atoms with Gasteiger partial charge in [0.05, 0.1) is 5.41 Å². The maximum atomic E-state index is 11.3. The van der Waals surface area contributed by atoms with E-state index in [9.17, 15) is 9.59 Å². The topological polar surface area (TPSA) is 78.4 Å². The lowest BCUT2D eigenvalue weighted by Crippen LogP contribution is -2.44. The standard InChI is InChI=1S/C11H22N2O3/c1-5-8(2)6-12-10(16)13-7-11(3,4)9(14)15/h8H,5-7H2,1-4H3,(H,14,15)(H2,12,13,16). The van der Waals surface area contributed by atoms with Crippen LogP contribution in [-0.2, 0) is 4.79 Å². The number of urea groups is 1. The molecule has 0 saturated carbocycles. The number of carboxylic acids is 1. The van der Waals surface area contributed by atoms with Gasteiger partial charge >= 0.3 is 12.0 Å². The zero-order chi connectivity index (χ0) is 12.8. The van der Waals surface area contributed by atoms with E-state index in [2.05, 4.69) is 17.6 Å². The second-order valence-corrected chi connectivity index (χ2v) is 4.77. The summed E-state index contributed by atoms with van der Waals surface area (Å²) in [5, 5.41) is 14.1. The highest BCUT2D eigenvalue weighted by molar-refractivity contribution is 5.77. The van der Waals surface area contributed by atoms with Crippen LogP contribution in [0.5, 0.6) is 0 Å². The number of carbonyl (C=O) groups excluding carboxylic acids is 1. The Morgan fingerprint density at radius 1 is 1.31 bits per heavy atom. The zero-order valence-electron chi connectivity index (χ0n) is 10.5. The van der Waals surface area contributed by atoms with Crippen LogP contribution in [0.15, 0.2) is 0 Å². The van der Waals surface area contributed by atoms with E-state index in [0.29, 0.717) is 12.5 Å². The minimum atomic E-state index is -0.937. The fourth-order valence-corrected chi connectivity index (χ4v) is 0.851. The van der Waals surface area contributed by atoms with Crippen LogP contribution >= 0.6 is 0 Å². The fraction of sp³-hybridized carbons (Fsp3) is 0.818. The summed E-state index contributed by atoms with van der Waals surface area (Å²) in [6.07, 6.45) is 1.00. The Morgan fingerprint density at radius 3 is 2.31 bits per heavy atom. The molecule has 0 aliphatic heterocycles. The lowest BCUT2D eigenvalue weighted by molar-refractivity contribution is -0.146. The predicted molar refractivity (Wildman–Crippen MR) is 62.3 cm³/mol. The minimum absolute atomic E-state index is 0.120. The van der Waals surface area contributed by atoms with E-state index in [4.69, 9.17) is 5.11 Å². The lowest BCUT2D eigenvalue weighted by atomic mass is 9.94. The SMILES string of the molecule is CCC(C)CNC(=O)NCC(C)(C)C(=O)O. The predicted octanol–water partition coefficient (Wildman–Crippen LogP) is 1.44. The fourth-order valence-electron chi connectivity index (χ4n) is 0.851. The Morgan fingerprint density at radius 2 is 1.88 bits per heavy atom. The molecule has 0 rings (SSSR count). The van der Waals surface area contributed by atoms with Gasteiger partial charge in [0.2, 0.25) is 0 Å². The van der Waals surface area contributed by atoms with Gasteiger partial charge in [-0.3, -0.25) is 4.79 Å². The number of nitrogens with one attached hydrogen (secondary N) is 2. The van der Waals surface area contributed by atoms with Crippen LogP contribution < -0.4 is 10.6 Å². The Bertz CT molecular complexity index is 252. The number of carbonyl (C=O) groups is 2. The van der Waals surface area contributed by atoms with Crippen molar-refractivity contribution in [2.75, 3.05) is 13.1 Å². The molecule has 3 N–H and O–H groups in total. The molecule has 1 atom stereocenters. The number of aliphatic carboxylic acids is 1. The second kappa shape index (κ2) is 6.35. The molecule has 0 aromatic carbocycles. The van der Waals surface area contributed by atoms with Crippen LogP contribution in [0.25, 0.3) is 0 Å². The van der Waals surface area contributed by atoms with Crippen molar-refractivity contribution in [3.05, 3.63) is 0 Å². The Labute approximate surface area is 96.6 Å². The number of rotatable bonds is 6. The molecule has 0 heterocycles. The summed E-state index contributed by atoms with van der Waals surface area (Å²) in [5.41, 5.74) is -0.937. The first kappa shape index (κ1) is 14.7. The molecule has 5 nitrogen and oxygen atoms in total. The number of carboxylic acid groups (broad SMARTS) is 1. The largest absolute Gasteiger partial charge is 0.481 e. The molecule has 1 unspecified atom stereocenters. The smallest absolute Gasteiger partial charge is 0.314 e. The molecule has 0 fully saturated rings. The van der Waals surface area contributed by atoms with Gasteiger partial charge in [-0.2, -0.15) is 0 Å². The summed E-state index contributed by atoms with van der Waals surface area (Å²) in [4.78, 5) is 22.1. The number of amides is 2. The molecule has 0 aromatic rings. The van der Waals surface area contributed by atoms with Gasteiger partial charge in [0.25, 0.3) is 0 Å². The molecule has 0 aromatic heterocycles. The highest BCUT2D eigenvalue weighted by Crippen LogP contribution is 2.12. The van der Waals surface area contributed by atoms with Crippen LogP contribution in [0.2, 0.25) is 0 Å². The third kappa shape index (κ3) is 5.58. The van der Waals surface area contributed by atoms with Crippen molar-refractivity contribution in [3.63, 3.8) is 0 Å². The molecule has 0 spiro atoms.